The van der Waals surface area contributed by atoms with E-state index in [1.165, 1.54) is 0 Å². The Morgan fingerprint density at radius 2 is 1.71 bits per heavy atom. The molecule has 0 atom stereocenters. The van der Waals surface area contributed by atoms with Crippen molar-refractivity contribution < 1.29 is 32.7 Å². The first-order chi connectivity index (χ1) is 8.29. The quantitative estimate of drug-likeness (QED) is 0.493. The van der Waals surface area contributed by atoms with Crippen LogP contribution < -0.4 is 5.32 Å². The van der Waals surface area contributed by atoms with Crippen LogP contribution >= 0.6 is 24.8 Å². The molecule has 0 radical (unpaired) electrons. The third-order valence-electron chi connectivity index (χ3n) is 3.56. The van der Waals surface area contributed by atoms with Crippen molar-refractivity contribution >= 4 is 36.4 Å². The van der Waals surface area contributed by atoms with Gasteiger partial charge in [0.25, 0.3) is 0 Å². The van der Waals surface area contributed by atoms with E-state index >= 15 is 0 Å². The van der Waals surface area contributed by atoms with Crippen molar-refractivity contribution in [3.63, 3.8) is 0 Å². The Bertz CT molecular complexity index is 374. The third kappa shape index (κ3) is 8.19. The maximum atomic E-state index is 12.0. The Morgan fingerprint density at radius 1 is 1.19 bits per heavy atom. The van der Waals surface area contributed by atoms with Gasteiger partial charge in [0, 0.05) is 24.0 Å². The smallest absolute Gasteiger partial charge is 0.412 e. The van der Waals surface area contributed by atoms with Crippen LogP contribution in [-0.2, 0) is 27.2 Å². The molecule has 2 rings (SSSR count). The second kappa shape index (κ2) is 13.6. The van der Waals surface area contributed by atoms with Crippen LogP contribution in [0.15, 0.2) is 24.5 Å². The van der Waals surface area contributed by atoms with E-state index in [9.17, 15) is 4.79 Å². The number of rotatable bonds is 3. The summed E-state index contributed by atoms with van der Waals surface area (Å²) in [6.45, 7) is 2.11. The zero-order chi connectivity index (χ0) is 12.1. The zero-order valence-electron chi connectivity index (χ0n) is 11.8. The Labute approximate surface area is 154 Å². The van der Waals surface area contributed by atoms with E-state index in [2.05, 4.69) is 23.6 Å². The molecule has 1 saturated carbocycles. The number of hydrogen-bond acceptors (Lipinski definition) is 2. The first-order valence-electron chi connectivity index (χ1n) is 6.30. The van der Waals surface area contributed by atoms with Crippen LogP contribution in [0.25, 0.3) is 0 Å². The number of carbonyl (C=O) groups is 1. The Kier molecular flexibility index (Phi) is 16.7. The van der Waals surface area contributed by atoms with Gasteiger partial charge in [-0.3, -0.25) is 9.78 Å². The molecule has 0 aliphatic heterocycles. The van der Waals surface area contributed by atoms with Crippen LogP contribution in [0.1, 0.15) is 32.6 Å². The summed E-state index contributed by atoms with van der Waals surface area (Å²) in [6.07, 6.45) is 9.95. The van der Waals surface area contributed by atoms with Gasteiger partial charge in [-0.1, -0.05) is 12.8 Å². The summed E-state index contributed by atoms with van der Waals surface area (Å²) in [6, 6.07) is 3.65. The maximum absolute atomic E-state index is 12.0. The SMILES string of the molecule is C[CH-]C1CCC(C(=O)Nc2ccncc2)CC1.Cl.Cl.O.[Au+]. The fraction of sp³-hybridized carbons (Fsp3) is 0.500. The number of carbonyl (C=O) groups excluding carboxylic acids is 1. The second-order valence-electron chi connectivity index (χ2n) is 4.67. The minimum absolute atomic E-state index is 0. The summed E-state index contributed by atoms with van der Waals surface area (Å²) in [4.78, 5) is 16.0. The third-order valence-corrected chi connectivity index (χ3v) is 3.56. The van der Waals surface area contributed by atoms with Crippen molar-refractivity contribution in [2.24, 2.45) is 11.8 Å². The molecule has 1 aromatic heterocycles. The van der Waals surface area contributed by atoms with Gasteiger partial charge in [0.15, 0.2) is 0 Å². The predicted molar refractivity (Wildman–Crippen MR) is 86.4 cm³/mol. The molecular formula is C14H23AuCl2N2O2. The van der Waals surface area contributed by atoms with Crippen LogP contribution in [0, 0.1) is 18.3 Å². The van der Waals surface area contributed by atoms with Crippen LogP contribution in [0.3, 0.4) is 0 Å². The van der Waals surface area contributed by atoms with E-state index in [-0.39, 0.29) is 64.5 Å². The molecular weight excluding hydrogens is 496 g/mol. The molecule has 1 aliphatic carbocycles. The van der Waals surface area contributed by atoms with Gasteiger partial charge >= 0.3 is 22.4 Å². The van der Waals surface area contributed by atoms with Gasteiger partial charge in [0.1, 0.15) is 0 Å². The van der Waals surface area contributed by atoms with Crippen LogP contribution in [0.5, 0.6) is 0 Å². The standard InChI is InChI=1S/C14H19N2O.Au.2ClH.H2O/c1-2-11-3-5-12(6-4-11)14(17)16-13-7-9-15-10-8-13;;;;/h2,7-12H,3-6H2,1H3,(H,15,16,17);;2*1H;1H2/q-1;+1;;;. The van der Waals surface area contributed by atoms with Crippen molar-refractivity contribution in [1.82, 2.24) is 4.98 Å². The number of nitrogens with one attached hydrogen (secondary N) is 1. The normalized spacial score (nSPS) is 19.7. The van der Waals surface area contributed by atoms with Gasteiger partial charge in [-0.2, -0.15) is 12.8 Å². The monoisotopic (exact) mass is 518 g/mol. The molecule has 3 N–H and O–H groups in total. The first-order valence-corrected chi connectivity index (χ1v) is 6.30. The fourth-order valence-corrected chi connectivity index (χ4v) is 2.39. The van der Waals surface area contributed by atoms with Gasteiger partial charge in [-0.15, -0.1) is 24.8 Å². The molecule has 0 spiro atoms. The Hall–Kier alpha value is -0.0997. The fourth-order valence-electron chi connectivity index (χ4n) is 2.39. The number of nitrogens with zero attached hydrogens (tertiary/aromatic N) is 1. The molecule has 1 aliphatic rings. The summed E-state index contributed by atoms with van der Waals surface area (Å²) >= 11 is 0. The predicted octanol–water partition coefficient (Wildman–Crippen LogP) is 3.07. The molecule has 4 nitrogen and oxygen atoms in total. The molecule has 21 heavy (non-hydrogen) atoms. The van der Waals surface area contributed by atoms with Crippen molar-refractivity contribution in [1.29, 1.82) is 0 Å². The van der Waals surface area contributed by atoms with Crippen molar-refractivity contribution in [2.75, 3.05) is 5.32 Å². The van der Waals surface area contributed by atoms with Crippen LogP contribution in [0.2, 0.25) is 0 Å². The number of amides is 1. The maximum Gasteiger partial charge on any atom is 1.00 e. The average Bonchev–Trinajstić information content (AvgIpc) is 2.40. The van der Waals surface area contributed by atoms with Gasteiger partial charge < -0.3 is 17.2 Å². The molecule has 0 bridgehead atoms. The van der Waals surface area contributed by atoms with Crippen LogP contribution in [0.4, 0.5) is 5.69 Å². The summed E-state index contributed by atoms with van der Waals surface area (Å²) in [5.74, 6) is 1.05. The number of pyridine rings is 1. The molecule has 1 amide bonds. The largest absolute Gasteiger partial charge is 1.00 e. The van der Waals surface area contributed by atoms with E-state index in [0.717, 1.165) is 31.4 Å². The number of anilines is 1. The number of hydrogen-bond donors (Lipinski definition) is 1. The van der Waals surface area contributed by atoms with Gasteiger partial charge in [0.05, 0.1) is 0 Å². The topological polar surface area (TPSA) is 73.5 Å². The summed E-state index contributed by atoms with van der Waals surface area (Å²) in [5.41, 5.74) is 0.842. The Balaban J connectivity index is -0.000000810. The molecule has 0 unspecified atom stereocenters. The average molecular weight is 519 g/mol. The number of halogens is 2. The van der Waals surface area contributed by atoms with E-state index in [1.807, 2.05) is 12.1 Å². The molecule has 1 aromatic rings. The van der Waals surface area contributed by atoms with Crippen molar-refractivity contribution in [2.45, 2.75) is 32.6 Å². The molecule has 0 aromatic carbocycles. The van der Waals surface area contributed by atoms with Gasteiger partial charge in [-0.25, -0.2) is 0 Å². The summed E-state index contributed by atoms with van der Waals surface area (Å²) in [7, 11) is 0. The minimum atomic E-state index is 0. The summed E-state index contributed by atoms with van der Waals surface area (Å²) < 4.78 is 0. The molecule has 126 valence electrons. The zero-order valence-corrected chi connectivity index (χ0v) is 15.6. The molecule has 1 fully saturated rings. The molecule has 0 saturated heterocycles. The van der Waals surface area contributed by atoms with Crippen molar-refractivity contribution in [3.05, 3.63) is 30.9 Å². The molecule has 7 heteroatoms. The van der Waals surface area contributed by atoms with Crippen LogP contribution in [-0.4, -0.2) is 16.4 Å². The van der Waals surface area contributed by atoms with E-state index in [1.54, 1.807) is 12.4 Å². The number of aromatic nitrogens is 1. The second-order valence-corrected chi connectivity index (χ2v) is 4.67. The minimum Gasteiger partial charge on any atom is -0.412 e. The van der Waals surface area contributed by atoms with Gasteiger partial charge in [-0.05, 0) is 25.0 Å². The van der Waals surface area contributed by atoms with Gasteiger partial charge in [0.2, 0.25) is 5.91 Å². The molecule has 1 heterocycles. The van der Waals surface area contributed by atoms with E-state index in [4.69, 9.17) is 0 Å². The van der Waals surface area contributed by atoms with E-state index in [0.29, 0.717) is 5.92 Å². The Morgan fingerprint density at radius 3 is 2.19 bits per heavy atom. The van der Waals surface area contributed by atoms with E-state index < -0.39 is 0 Å². The van der Waals surface area contributed by atoms with Crippen molar-refractivity contribution in [3.8, 4) is 0 Å². The first kappa shape index (κ1) is 25.8. The summed E-state index contributed by atoms with van der Waals surface area (Å²) in [5, 5.41) is 2.96.